The zero-order valence-electron chi connectivity index (χ0n) is 16.7. The van der Waals surface area contributed by atoms with Gasteiger partial charge in [0.2, 0.25) is 0 Å². The molecular weight excluding hydrogens is 369 g/mol. The molecule has 3 aromatic rings. The molecule has 1 aromatic carbocycles. The van der Waals surface area contributed by atoms with Crippen molar-refractivity contribution in [2.45, 2.75) is 51.2 Å². The Morgan fingerprint density at radius 2 is 1.97 bits per heavy atom. The van der Waals surface area contributed by atoms with Crippen molar-refractivity contribution >= 4 is 16.8 Å². The predicted molar refractivity (Wildman–Crippen MR) is 111 cm³/mol. The number of hydrogen-bond acceptors (Lipinski definition) is 3. The number of nitrogens with one attached hydrogen (secondary N) is 2. The third kappa shape index (κ3) is 4.03. The van der Waals surface area contributed by atoms with Crippen molar-refractivity contribution in [2.75, 3.05) is 0 Å². The van der Waals surface area contributed by atoms with Crippen LogP contribution in [0.25, 0.3) is 22.2 Å². The van der Waals surface area contributed by atoms with Crippen LogP contribution in [0.3, 0.4) is 0 Å². The minimum atomic E-state index is -0.690. The van der Waals surface area contributed by atoms with Crippen molar-refractivity contribution in [3.63, 3.8) is 0 Å². The van der Waals surface area contributed by atoms with E-state index in [-0.39, 0.29) is 17.9 Å². The first-order chi connectivity index (χ1) is 13.8. The first kappa shape index (κ1) is 19.6. The molecule has 152 valence electrons. The zero-order valence-corrected chi connectivity index (χ0v) is 16.7. The van der Waals surface area contributed by atoms with Crippen molar-refractivity contribution in [3.8, 4) is 11.3 Å². The number of aromatic amines is 1. The fourth-order valence-corrected chi connectivity index (χ4v) is 4.26. The molecule has 29 heavy (non-hydrogen) atoms. The van der Waals surface area contributed by atoms with Gasteiger partial charge < -0.3 is 15.4 Å². The van der Waals surface area contributed by atoms with Gasteiger partial charge in [-0.2, -0.15) is 0 Å². The van der Waals surface area contributed by atoms with E-state index in [1.807, 2.05) is 26.0 Å². The number of carbonyl (C=O) groups excluding carboxylic acids is 1. The van der Waals surface area contributed by atoms with E-state index in [9.17, 15) is 14.3 Å². The predicted octanol–water partition coefficient (Wildman–Crippen LogP) is 4.43. The van der Waals surface area contributed by atoms with Crippen LogP contribution in [0.4, 0.5) is 4.39 Å². The van der Waals surface area contributed by atoms with Crippen molar-refractivity contribution in [1.29, 1.82) is 0 Å². The molecular formula is C23H26FN3O2. The summed E-state index contributed by atoms with van der Waals surface area (Å²) >= 11 is 0. The molecule has 0 atom stereocenters. The lowest BCUT2D eigenvalue weighted by Gasteiger charge is -2.36. The summed E-state index contributed by atoms with van der Waals surface area (Å²) in [5.41, 5.74) is 1.43. The number of fused-ring (bicyclic) bond motifs is 1. The van der Waals surface area contributed by atoms with Crippen molar-refractivity contribution in [1.82, 2.24) is 15.3 Å². The summed E-state index contributed by atoms with van der Waals surface area (Å²) in [7, 11) is 0. The van der Waals surface area contributed by atoms with Gasteiger partial charge in [-0.25, -0.2) is 4.39 Å². The number of rotatable bonds is 4. The average Bonchev–Trinajstić information content (AvgIpc) is 3.16. The molecule has 1 aliphatic rings. The van der Waals surface area contributed by atoms with Crippen molar-refractivity contribution < 1.29 is 14.3 Å². The lowest BCUT2D eigenvalue weighted by molar-refractivity contribution is -0.00257. The topological polar surface area (TPSA) is 78.0 Å². The smallest absolute Gasteiger partial charge is 0.251 e. The normalized spacial score (nSPS) is 20.0. The van der Waals surface area contributed by atoms with Gasteiger partial charge in [0.05, 0.1) is 11.3 Å². The number of aliphatic hydroxyl groups is 1. The van der Waals surface area contributed by atoms with Crippen molar-refractivity contribution in [3.05, 3.63) is 54.1 Å². The van der Waals surface area contributed by atoms with E-state index in [2.05, 4.69) is 15.3 Å². The Labute approximate surface area is 169 Å². The number of carbonyl (C=O) groups is 1. The molecule has 0 unspecified atom stereocenters. The molecule has 1 saturated carbocycles. The number of aromatic nitrogens is 2. The molecule has 0 aliphatic heterocycles. The number of amides is 1. The number of H-pyrrole nitrogens is 1. The van der Waals surface area contributed by atoms with Gasteiger partial charge in [0.25, 0.3) is 5.91 Å². The van der Waals surface area contributed by atoms with E-state index in [1.54, 1.807) is 24.5 Å². The molecule has 0 bridgehead atoms. The highest BCUT2D eigenvalue weighted by Gasteiger charge is 2.31. The molecule has 5 nitrogen and oxygen atoms in total. The maximum absolute atomic E-state index is 14.8. The molecule has 4 rings (SSSR count). The summed E-state index contributed by atoms with van der Waals surface area (Å²) in [5, 5.41) is 14.0. The minimum Gasteiger partial charge on any atom is -0.390 e. The van der Waals surface area contributed by atoms with E-state index in [0.29, 0.717) is 16.8 Å². The van der Waals surface area contributed by atoms with Crippen LogP contribution >= 0.6 is 0 Å². The quantitative estimate of drug-likeness (QED) is 0.612. The fraction of sp³-hybridized carbons (Fsp3) is 0.391. The second kappa shape index (κ2) is 7.59. The van der Waals surface area contributed by atoms with Gasteiger partial charge >= 0.3 is 0 Å². The second-order valence-corrected chi connectivity index (χ2v) is 8.47. The van der Waals surface area contributed by atoms with Crippen LogP contribution in [0.1, 0.15) is 49.9 Å². The molecule has 0 saturated heterocycles. The second-order valence-electron chi connectivity index (χ2n) is 8.47. The molecule has 1 aliphatic carbocycles. The third-order valence-electron chi connectivity index (χ3n) is 6.03. The van der Waals surface area contributed by atoms with Crippen molar-refractivity contribution in [2.24, 2.45) is 5.92 Å². The monoisotopic (exact) mass is 395 g/mol. The fourth-order valence-electron chi connectivity index (χ4n) is 4.26. The van der Waals surface area contributed by atoms with Crippen LogP contribution < -0.4 is 5.32 Å². The van der Waals surface area contributed by atoms with Crippen LogP contribution in [0.2, 0.25) is 0 Å². The summed E-state index contributed by atoms with van der Waals surface area (Å²) in [5.74, 6) is -0.490. The Morgan fingerprint density at radius 3 is 2.66 bits per heavy atom. The maximum atomic E-state index is 14.8. The van der Waals surface area contributed by atoms with Gasteiger partial charge in [-0.1, -0.05) is 0 Å². The molecule has 2 heterocycles. The van der Waals surface area contributed by atoms with Crippen LogP contribution in [-0.4, -0.2) is 32.6 Å². The molecule has 6 heteroatoms. The van der Waals surface area contributed by atoms with E-state index in [1.165, 1.54) is 6.07 Å². The Kier molecular flexibility index (Phi) is 5.13. The van der Waals surface area contributed by atoms with Crippen LogP contribution in [0, 0.1) is 11.7 Å². The number of pyridine rings is 1. The van der Waals surface area contributed by atoms with Gasteiger partial charge in [0.15, 0.2) is 0 Å². The van der Waals surface area contributed by atoms with E-state index in [0.717, 1.165) is 36.6 Å². The Bertz CT molecular complexity index is 1030. The van der Waals surface area contributed by atoms with Gasteiger partial charge in [-0.3, -0.25) is 9.78 Å². The Balaban J connectivity index is 1.47. The summed E-state index contributed by atoms with van der Waals surface area (Å²) in [6.07, 6.45) is 6.81. The molecule has 1 fully saturated rings. The number of hydrogen-bond donors (Lipinski definition) is 3. The average molecular weight is 395 g/mol. The summed E-state index contributed by atoms with van der Waals surface area (Å²) < 4.78 is 14.8. The lowest BCUT2D eigenvalue weighted by atomic mass is 9.77. The molecule has 2 aromatic heterocycles. The van der Waals surface area contributed by atoms with Crippen LogP contribution in [-0.2, 0) is 0 Å². The molecule has 0 spiro atoms. The largest absolute Gasteiger partial charge is 0.390 e. The van der Waals surface area contributed by atoms with E-state index < -0.39 is 11.4 Å². The van der Waals surface area contributed by atoms with Crippen LogP contribution in [0.15, 0.2) is 42.7 Å². The summed E-state index contributed by atoms with van der Waals surface area (Å²) in [6, 6.07) is 8.29. The number of halogens is 1. The number of benzene rings is 1. The molecule has 3 N–H and O–H groups in total. The highest BCUT2D eigenvalue weighted by atomic mass is 19.1. The first-order valence-electron chi connectivity index (χ1n) is 10.1. The van der Waals surface area contributed by atoms with Gasteiger partial charge in [0.1, 0.15) is 5.82 Å². The van der Waals surface area contributed by atoms with Gasteiger partial charge in [-0.05, 0) is 75.8 Å². The Hall–Kier alpha value is -2.73. The minimum absolute atomic E-state index is 0.0547. The molecule has 0 radical (unpaired) electrons. The van der Waals surface area contributed by atoms with Gasteiger partial charge in [-0.15, -0.1) is 0 Å². The summed E-state index contributed by atoms with van der Waals surface area (Å²) in [4.78, 5) is 20.0. The maximum Gasteiger partial charge on any atom is 0.251 e. The standard InChI is InChI=1S/C23H26FN3O2/c1-23(2,29)15-4-6-16(7-5-15)27-22(28)14-3-8-17(19(24)13-14)21-18-9-11-25-20(18)10-12-26-21/h3,8-13,15-16,25,29H,4-7H2,1-2H3,(H,27,28). The third-order valence-corrected chi connectivity index (χ3v) is 6.03. The SMILES string of the molecule is CC(C)(O)C1CCC(NC(=O)c2ccc(-c3nccc4[nH]ccc34)c(F)c2)CC1. The summed E-state index contributed by atoms with van der Waals surface area (Å²) in [6.45, 7) is 3.67. The van der Waals surface area contributed by atoms with E-state index in [4.69, 9.17) is 0 Å². The van der Waals surface area contributed by atoms with E-state index >= 15 is 0 Å². The van der Waals surface area contributed by atoms with Gasteiger partial charge in [0, 0.05) is 40.5 Å². The highest BCUT2D eigenvalue weighted by Crippen LogP contribution is 2.33. The zero-order chi connectivity index (χ0) is 20.6. The molecule has 1 amide bonds. The lowest BCUT2D eigenvalue weighted by Crippen LogP contribution is -2.41. The number of nitrogens with zero attached hydrogens (tertiary/aromatic N) is 1. The highest BCUT2D eigenvalue weighted by molar-refractivity contribution is 5.96. The Morgan fingerprint density at radius 1 is 1.21 bits per heavy atom. The van der Waals surface area contributed by atoms with Crippen LogP contribution in [0.5, 0.6) is 0 Å². The first-order valence-corrected chi connectivity index (χ1v) is 10.1.